The summed E-state index contributed by atoms with van der Waals surface area (Å²) in [5, 5.41) is 41.4. The molecule has 0 radical (unpaired) electrons. The molecule has 3 fully saturated rings. The average molecular weight is 1340 g/mol. The van der Waals surface area contributed by atoms with Gasteiger partial charge in [0.05, 0.1) is 60.6 Å². The maximum atomic E-state index is 13.2. The van der Waals surface area contributed by atoms with Gasteiger partial charge in [0.25, 0.3) is 34.4 Å². The van der Waals surface area contributed by atoms with Crippen molar-refractivity contribution < 1.29 is 14.4 Å². The van der Waals surface area contributed by atoms with Crippen LogP contribution in [0.2, 0.25) is 15.1 Å². The molecule has 0 atom stereocenters. The number of rotatable bonds is 4. The second-order valence-corrected chi connectivity index (χ2v) is 21.3. The van der Waals surface area contributed by atoms with Crippen molar-refractivity contribution in [3.05, 3.63) is 128 Å². The molecule has 0 bridgehead atoms. The number of nitrogens with one attached hydrogen (secondary N) is 5. The highest BCUT2D eigenvalue weighted by atomic mass is 79.9. The number of hydrogen-bond donors (Lipinski definition) is 6. The molecule has 0 aromatic carbocycles. The lowest BCUT2D eigenvalue weighted by Gasteiger charge is -2.39. The third kappa shape index (κ3) is 13.0. The van der Waals surface area contributed by atoms with Crippen LogP contribution < -0.4 is 49.0 Å². The molecule has 78 heavy (non-hydrogen) atoms. The van der Waals surface area contributed by atoms with E-state index in [0.29, 0.717) is 109 Å². The Balaban J connectivity index is 0.000000174. The van der Waals surface area contributed by atoms with E-state index in [2.05, 4.69) is 106 Å². The van der Waals surface area contributed by atoms with Crippen LogP contribution in [0, 0.1) is 34.0 Å². The first-order valence-corrected chi connectivity index (χ1v) is 27.3. The van der Waals surface area contributed by atoms with E-state index in [-0.39, 0.29) is 79.6 Å². The Morgan fingerprint density at radius 2 is 1.01 bits per heavy atom. The molecule has 0 aliphatic carbocycles. The lowest BCUT2D eigenvalue weighted by molar-refractivity contribution is 0.0768. The van der Waals surface area contributed by atoms with Gasteiger partial charge in [-0.05, 0) is 75.3 Å². The predicted molar refractivity (Wildman–Crippen MR) is 302 cm³/mol. The van der Waals surface area contributed by atoms with Gasteiger partial charge in [-0.2, -0.15) is 15.8 Å². The molecule has 7 N–H and O–H groups in total. The van der Waals surface area contributed by atoms with Crippen LogP contribution in [0.3, 0.4) is 0 Å². The molecule has 0 saturated carbocycles. The Kier molecular flexibility index (Phi) is 21.0. The number of amides is 3. The zero-order chi connectivity index (χ0) is 55.7. The summed E-state index contributed by atoms with van der Waals surface area (Å²) in [4.78, 5) is 93.8. The first-order chi connectivity index (χ1) is 36.9. The summed E-state index contributed by atoms with van der Waals surface area (Å²) in [6.07, 6.45) is 9.46. The first-order valence-electron chi connectivity index (χ1n) is 23.4. The molecule has 3 saturated heterocycles. The molecule has 31 heteroatoms. The van der Waals surface area contributed by atoms with Crippen LogP contribution in [-0.4, -0.2) is 119 Å². The predicted octanol–water partition coefficient (Wildman–Crippen LogP) is 4.76. The number of nitrogens with zero attached hydrogens (tertiary/aromatic N) is 12. The first kappa shape index (κ1) is 61.2. The van der Waals surface area contributed by atoms with Crippen LogP contribution in [-0.2, 0) is 17.0 Å². The van der Waals surface area contributed by atoms with Crippen molar-refractivity contribution >= 4 is 130 Å². The fraction of sp³-hybridized carbons (Fsp3) is 0.383. The molecular weight excluding hydrogens is 1290 g/mol. The van der Waals surface area contributed by atoms with E-state index in [1.165, 1.54) is 44.6 Å². The Morgan fingerprint density at radius 3 is 1.37 bits per heavy atom. The summed E-state index contributed by atoms with van der Waals surface area (Å²) >= 11 is 27.8. The molecule has 5 aromatic rings. The van der Waals surface area contributed by atoms with Crippen LogP contribution >= 0.6 is 95.0 Å². The van der Waals surface area contributed by atoms with Gasteiger partial charge in [-0.15, -0.1) is 12.4 Å². The largest absolute Gasteiger partial charge is 0.384 e. The highest BCUT2D eigenvalue weighted by Gasteiger charge is 2.49. The summed E-state index contributed by atoms with van der Waals surface area (Å²) in [6.45, 7) is 4.68. The fourth-order valence-corrected chi connectivity index (χ4v) is 11.6. The number of nitriles is 3. The zero-order valence-corrected chi connectivity index (χ0v) is 48.7. The molecule has 24 nitrogen and oxygen atoms in total. The second-order valence-electron chi connectivity index (χ2n) is 17.8. The maximum Gasteiger partial charge on any atom is 0.276 e. The van der Waals surface area contributed by atoms with Crippen molar-refractivity contribution in [2.24, 2.45) is 0 Å². The lowest BCUT2D eigenvalue weighted by atomic mass is 9.97. The van der Waals surface area contributed by atoms with Crippen molar-refractivity contribution in [3.63, 3.8) is 0 Å². The van der Waals surface area contributed by atoms with Gasteiger partial charge in [0.1, 0.15) is 64.0 Å². The number of nitrogen functional groups attached to an aromatic ring is 1. The van der Waals surface area contributed by atoms with Crippen molar-refractivity contribution in [1.29, 1.82) is 15.8 Å². The summed E-state index contributed by atoms with van der Waals surface area (Å²) in [7, 11) is 0. The molecule has 11 rings (SSSR count). The molecule has 410 valence electrons. The summed E-state index contributed by atoms with van der Waals surface area (Å²) in [6, 6.07) is 13.7. The second kappa shape index (κ2) is 26.7. The smallest absolute Gasteiger partial charge is 0.276 e. The van der Waals surface area contributed by atoms with Gasteiger partial charge >= 0.3 is 0 Å². The van der Waals surface area contributed by atoms with Crippen LogP contribution in [0.4, 0.5) is 17.3 Å². The highest BCUT2D eigenvalue weighted by Crippen LogP contribution is 2.38. The summed E-state index contributed by atoms with van der Waals surface area (Å²) in [5.74, 6) is 0.00754. The number of anilines is 3. The number of piperidine rings is 3. The number of carbonyl (C=O) groups is 3. The molecule has 11 heterocycles. The number of halogens is 7. The van der Waals surface area contributed by atoms with E-state index >= 15 is 0 Å². The molecule has 3 spiro atoms. The van der Waals surface area contributed by atoms with Gasteiger partial charge in [-0.25, -0.2) is 19.9 Å². The van der Waals surface area contributed by atoms with Crippen LogP contribution in [0.5, 0.6) is 0 Å². The minimum Gasteiger partial charge on any atom is -0.384 e. The Bertz CT molecular complexity index is 3370. The van der Waals surface area contributed by atoms with Gasteiger partial charge < -0.3 is 32.3 Å². The number of nitrogens with two attached hydrogens (primary N) is 1. The molecular formula is C47H47Br3Cl4N18O6. The monoisotopic (exact) mass is 1340 g/mol. The quantitative estimate of drug-likeness (QED) is 0.104. The number of hydrogen-bond acceptors (Lipinski definition) is 18. The number of likely N-dealkylation sites (tertiary alicyclic amines) is 2. The van der Waals surface area contributed by atoms with Gasteiger partial charge in [0.15, 0.2) is 0 Å². The van der Waals surface area contributed by atoms with Crippen molar-refractivity contribution in [1.82, 2.24) is 64.7 Å². The third-order valence-corrected chi connectivity index (χ3v) is 15.5. The molecule has 5 aromatic heterocycles. The fourth-order valence-electron chi connectivity index (χ4n) is 9.67. The number of carbonyl (C=O) groups excluding carboxylic acids is 3. The van der Waals surface area contributed by atoms with Gasteiger partial charge in [-0.1, -0.05) is 50.7 Å². The average Bonchev–Trinajstić information content (AvgIpc) is 4.02. The summed E-state index contributed by atoms with van der Waals surface area (Å²) in [5.41, 5.74) is 3.09. The van der Waals surface area contributed by atoms with E-state index < -0.39 is 17.0 Å². The maximum absolute atomic E-state index is 13.2. The van der Waals surface area contributed by atoms with Crippen LogP contribution in [0.15, 0.2) is 78.7 Å². The Labute approximate surface area is 491 Å². The van der Waals surface area contributed by atoms with Crippen LogP contribution in [0.25, 0.3) is 0 Å². The van der Waals surface area contributed by atoms with E-state index in [9.17, 15) is 28.8 Å². The van der Waals surface area contributed by atoms with Gasteiger partial charge in [0.2, 0.25) is 0 Å². The topological polar surface area (TPSA) is 333 Å². The molecule has 0 unspecified atom stereocenters. The van der Waals surface area contributed by atoms with Crippen molar-refractivity contribution in [3.8, 4) is 18.2 Å². The van der Waals surface area contributed by atoms with Crippen molar-refractivity contribution in [2.75, 3.05) is 68.7 Å². The van der Waals surface area contributed by atoms with E-state index in [4.69, 9.17) is 56.3 Å². The lowest BCUT2D eigenvalue weighted by Crippen LogP contribution is -2.54. The third-order valence-electron chi connectivity index (χ3n) is 13.2. The van der Waals surface area contributed by atoms with Crippen molar-refractivity contribution in [2.45, 2.75) is 55.5 Å². The van der Waals surface area contributed by atoms with E-state index in [1.54, 1.807) is 24.5 Å². The number of pyridine rings is 3. The van der Waals surface area contributed by atoms with Gasteiger partial charge in [-0.3, -0.25) is 52.3 Å². The van der Waals surface area contributed by atoms with Gasteiger partial charge in [0, 0.05) is 77.1 Å². The minimum absolute atomic E-state index is 0. The molecule has 3 amide bonds. The highest BCUT2D eigenvalue weighted by molar-refractivity contribution is 9.10. The zero-order valence-electron chi connectivity index (χ0n) is 40.9. The Morgan fingerprint density at radius 1 is 0.615 bits per heavy atom. The van der Waals surface area contributed by atoms with E-state index in [1.807, 2.05) is 15.9 Å². The van der Waals surface area contributed by atoms with Crippen LogP contribution in [0.1, 0.15) is 70.0 Å². The molecule has 6 aliphatic rings. The normalized spacial score (nSPS) is 17.5. The number of aromatic nitrogens is 7. The Hall–Kier alpha value is -6.03. The standard InChI is InChI=1S/C17H16ClN7O2.C13H12BrClN4O2.C11H11BrClN3O2.C4H5N3.C2H2BrN.ClH/c18-11-9-12(22-13-1-5-20-10-21-13)16(27)25-14(11)15(26)23-17(25)2-6-24(7-3-17)8-4-19;14-8-7-9(15)10-11(20)17-13(19(10)12(8)21)1-4-18(5-2-13)6-3-16;12-6-5-7(13)8-9(17)15-11(16(8)10(6)18)1-3-14-4-2-11;5-4-1-2-6-3-7-4;3-1-2-4;/h1,5,9-10H,2-3,6-8H2,(H,23,26)(H,20,21,22);7H,1-2,4-6H2,(H,17,20);5,14H,1-4H2,(H,15,17);1-3H,(H2,5,6,7);1H2;1H. The number of fused-ring (bicyclic) bond motifs is 6. The SMILES string of the molecule is Cl.N#CCBr.N#CCN1CCC2(CC1)NC(=O)c1c(Cl)cc(Br)c(=O)n12.N#CCN1CCC2(CC1)NC(=O)c1c(Cl)cc(Nc3ccncn3)c(=O)n12.Nc1ccncn1.O=C1NC2(CCNCC2)n2c1c(Cl)cc(Br)c2=O. The minimum atomic E-state index is -0.831. The summed E-state index contributed by atoms with van der Waals surface area (Å²) < 4.78 is 5.18. The number of alkyl halides is 1. The molecule has 6 aliphatic heterocycles. The van der Waals surface area contributed by atoms with E-state index in [0.717, 1.165) is 13.1 Å².